The molecule has 4 rings (SSSR count). The molecule has 3 aromatic heterocycles. The third kappa shape index (κ3) is 3.60. The van der Waals surface area contributed by atoms with Crippen LogP contribution < -0.4 is 26.2 Å². The summed E-state index contributed by atoms with van der Waals surface area (Å²) in [6.45, 7) is 3.52. The summed E-state index contributed by atoms with van der Waals surface area (Å²) in [6, 6.07) is 1.66. The van der Waals surface area contributed by atoms with Gasteiger partial charge in [-0.1, -0.05) is 0 Å². The van der Waals surface area contributed by atoms with Crippen LogP contribution >= 0.6 is 11.6 Å². The van der Waals surface area contributed by atoms with Gasteiger partial charge in [-0.3, -0.25) is 0 Å². The predicted molar refractivity (Wildman–Crippen MR) is 98.6 cm³/mol. The van der Waals surface area contributed by atoms with Crippen molar-refractivity contribution in [3.05, 3.63) is 35.2 Å². The molecule has 8 nitrogen and oxygen atoms in total. The Labute approximate surface area is 171 Å². The summed E-state index contributed by atoms with van der Waals surface area (Å²) in [4.78, 5) is 29.7. The number of carboxylic acid groups (broad SMARTS) is 1. The molecule has 3 aromatic rings. The molecule has 0 atom stereocenters. The number of piperazine rings is 1. The third-order valence-corrected chi connectivity index (χ3v) is 6.43. The first-order chi connectivity index (χ1) is 13.1. The number of pyridine rings is 1. The number of carboxylic acids is 1. The Morgan fingerprint density at radius 1 is 1.26 bits per heavy atom. The molecule has 2 radical (unpaired) electrons. The Kier molecular flexibility index (Phi) is 5.20. The first-order valence-corrected chi connectivity index (χ1v) is 10.7. The van der Waals surface area contributed by atoms with E-state index in [4.69, 9.17) is 17.3 Å². The SMILES string of the molecule is [B][I-]N1CCN(c2ncc(-c3nc4c(C(=O)O)c[nH]c4cc3Cl)cn2)CC1. The Balaban J connectivity index is 1.63. The van der Waals surface area contributed by atoms with Gasteiger partial charge in [0.2, 0.25) is 0 Å². The first kappa shape index (κ1) is 18.4. The number of aromatic amines is 1. The van der Waals surface area contributed by atoms with Gasteiger partial charge in [-0.25, -0.2) is 4.79 Å². The third-order valence-electron chi connectivity index (χ3n) is 4.39. The fraction of sp³-hybridized carbons (Fsp3) is 0.250. The van der Waals surface area contributed by atoms with Crippen LogP contribution in [0, 0.1) is 0 Å². The van der Waals surface area contributed by atoms with Gasteiger partial charge in [-0.15, -0.1) is 0 Å². The van der Waals surface area contributed by atoms with E-state index in [9.17, 15) is 9.90 Å². The van der Waals surface area contributed by atoms with Crippen molar-refractivity contribution in [1.29, 1.82) is 0 Å². The standard InChI is InChI=1S/C16H14BClIN6O2/c17-19-25-3-1-24(2-4-25)16-21-6-9(7-22-16)13-11(18)5-12-14(23-13)10(8-20-12)15(26)27/h5-8,20H,1-4H2,(H,26,27)/q-1. The van der Waals surface area contributed by atoms with Crippen LogP contribution in [0.25, 0.3) is 22.3 Å². The van der Waals surface area contributed by atoms with Gasteiger partial charge in [0.15, 0.2) is 0 Å². The molecule has 138 valence electrons. The van der Waals surface area contributed by atoms with Gasteiger partial charge >= 0.3 is 151 Å². The van der Waals surface area contributed by atoms with Crippen molar-refractivity contribution in [3.8, 4) is 11.3 Å². The Morgan fingerprint density at radius 3 is 2.59 bits per heavy atom. The van der Waals surface area contributed by atoms with Crippen LogP contribution in [-0.2, 0) is 0 Å². The van der Waals surface area contributed by atoms with E-state index >= 15 is 0 Å². The van der Waals surface area contributed by atoms with E-state index in [-0.39, 0.29) is 26.8 Å². The van der Waals surface area contributed by atoms with E-state index in [1.807, 2.05) is 0 Å². The Bertz CT molecular complexity index is 990. The summed E-state index contributed by atoms with van der Waals surface area (Å²) >= 11 is 5.97. The summed E-state index contributed by atoms with van der Waals surface area (Å²) in [6.07, 6.45) is 4.73. The molecule has 1 aliphatic rings. The molecule has 1 saturated heterocycles. The number of carbonyl (C=O) groups is 1. The van der Waals surface area contributed by atoms with Gasteiger partial charge < -0.3 is 10.1 Å². The average Bonchev–Trinajstić information content (AvgIpc) is 3.10. The minimum atomic E-state index is -1.05. The maximum atomic E-state index is 11.3. The first-order valence-electron chi connectivity index (χ1n) is 8.14. The van der Waals surface area contributed by atoms with E-state index in [1.165, 1.54) is 6.20 Å². The van der Waals surface area contributed by atoms with Gasteiger partial charge in [-0.05, 0) is 0 Å². The van der Waals surface area contributed by atoms with E-state index in [2.05, 4.69) is 27.9 Å². The molecular formula is C16H14BClIN6O2-. The molecule has 11 heteroatoms. The molecule has 0 aromatic carbocycles. The molecule has 0 amide bonds. The predicted octanol–water partition coefficient (Wildman–Crippen LogP) is -1.42. The van der Waals surface area contributed by atoms with Crippen molar-refractivity contribution in [2.45, 2.75) is 0 Å². The normalized spacial score (nSPS) is 15.5. The molecule has 1 aliphatic heterocycles. The summed E-state index contributed by atoms with van der Waals surface area (Å²) < 4.78 is 2.28. The van der Waals surface area contributed by atoms with Crippen molar-refractivity contribution < 1.29 is 31.2 Å². The van der Waals surface area contributed by atoms with Gasteiger partial charge in [0, 0.05) is 6.20 Å². The molecule has 0 bridgehead atoms. The van der Waals surface area contributed by atoms with Crippen molar-refractivity contribution >= 4 is 40.3 Å². The number of H-pyrrole nitrogens is 1. The van der Waals surface area contributed by atoms with Gasteiger partial charge in [0.1, 0.15) is 0 Å². The number of nitrogens with zero attached hydrogens (tertiary/aromatic N) is 5. The zero-order chi connectivity index (χ0) is 19.0. The minimum absolute atomic E-state index is 0.0982. The fourth-order valence-corrected chi connectivity index (χ4v) is 4.22. The van der Waals surface area contributed by atoms with Crippen molar-refractivity contribution in [2.75, 3.05) is 31.1 Å². The fourth-order valence-electron chi connectivity index (χ4n) is 2.97. The molecule has 27 heavy (non-hydrogen) atoms. The number of aromatic nitrogens is 4. The van der Waals surface area contributed by atoms with E-state index in [0.717, 1.165) is 26.2 Å². The van der Waals surface area contributed by atoms with Gasteiger partial charge in [0.25, 0.3) is 0 Å². The van der Waals surface area contributed by atoms with Crippen molar-refractivity contribution in [1.82, 2.24) is 23.0 Å². The number of hydrogen-bond acceptors (Lipinski definition) is 6. The number of nitrogens with one attached hydrogen (secondary N) is 1. The number of aromatic carboxylic acids is 1. The molecule has 2 N–H and O–H groups in total. The van der Waals surface area contributed by atoms with Gasteiger partial charge in [-0.2, -0.15) is 0 Å². The van der Waals surface area contributed by atoms with Crippen LogP contribution in [0.1, 0.15) is 10.4 Å². The second kappa shape index (κ2) is 7.60. The van der Waals surface area contributed by atoms with Gasteiger partial charge in [0.05, 0.1) is 0 Å². The Morgan fingerprint density at radius 2 is 1.96 bits per heavy atom. The summed E-state index contributed by atoms with van der Waals surface area (Å²) in [5, 5.41) is 9.69. The molecule has 0 unspecified atom stereocenters. The second-order valence-electron chi connectivity index (χ2n) is 5.99. The molecule has 4 heterocycles. The van der Waals surface area contributed by atoms with Crippen LogP contribution in [-0.4, -0.2) is 66.0 Å². The van der Waals surface area contributed by atoms with Crippen LogP contribution in [0.4, 0.5) is 5.95 Å². The van der Waals surface area contributed by atoms with Crippen LogP contribution in [0.3, 0.4) is 0 Å². The molecule has 0 spiro atoms. The number of anilines is 1. The van der Waals surface area contributed by atoms with Crippen LogP contribution in [0.2, 0.25) is 5.02 Å². The average molecular weight is 495 g/mol. The van der Waals surface area contributed by atoms with Crippen molar-refractivity contribution in [3.63, 3.8) is 0 Å². The number of fused-ring (bicyclic) bond motifs is 1. The summed E-state index contributed by atoms with van der Waals surface area (Å²) in [7, 11) is 0. The zero-order valence-electron chi connectivity index (χ0n) is 14.1. The zero-order valence-corrected chi connectivity index (χ0v) is 17.0. The summed E-state index contributed by atoms with van der Waals surface area (Å²) in [5.74, 6) is -0.397. The number of rotatable bonds is 4. The molecule has 1 fully saturated rings. The monoisotopic (exact) mass is 495 g/mol. The quantitative estimate of drug-likeness (QED) is 0.261. The molecular weight excluding hydrogens is 481 g/mol. The van der Waals surface area contributed by atoms with Crippen LogP contribution in [0.5, 0.6) is 0 Å². The molecule has 0 saturated carbocycles. The maximum absolute atomic E-state index is 11.3. The topological polar surface area (TPSA) is 98.2 Å². The van der Waals surface area contributed by atoms with E-state index in [1.54, 1.807) is 18.5 Å². The number of halogens is 2. The Hall–Kier alpha value is -1.92. The summed E-state index contributed by atoms with van der Waals surface area (Å²) in [5.41, 5.74) is 7.88. The van der Waals surface area contributed by atoms with E-state index < -0.39 is 5.97 Å². The number of hydrogen-bond donors (Lipinski definition) is 2. The molecule has 0 aliphatic carbocycles. The van der Waals surface area contributed by atoms with E-state index in [0.29, 0.717) is 33.3 Å². The second-order valence-corrected chi connectivity index (χ2v) is 8.32. The van der Waals surface area contributed by atoms with Crippen LogP contribution in [0.15, 0.2) is 24.7 Å². The van der Waals surface area contributed by atoms with Crippen molar-refractivity contribution in [2.24, 2.45) is 0 Å².